The number of phenols is 1. The summed E-state index contributed by atoms with van der Waals surface area (Å²) in [5.74, 6) is -2.03. The minimum absolute atomic E-state index is 0.103. The zero-order chi connectivity index (χ0) is 30.1. The van der Waals surface area contributed by atoms with Gasteiger partial charge in [-0.2, -0.15) is 0 Å². The van der Waals surface area contributed by atoms with Crippen LogP contribution in [0.15, 0.2) is 65.3 Å². The molecular weight excluding hydrogens is 535 g/mol. The highest BCUT2D eigenvalue weighted by molar-refractivity contribution is 6.43. The van der Waals surface area contributed by atoms with Crippen molar-refractivity contribution in [2.24, 2.45) is 23.7 Å². The van der Waals surface area contributed by atoms with Crippen molar-refractivity contribution in [3.63, 3.8) is 0 Å². The van der Waals surface area contributed by atoms with Crippen molar-refractivity contribution < 1.29 is 29.3 Å². The highest BCUT2D eigenvalue weighted by atomic mass is 16.6. The number of hydrogen-bond acceptors (Lipinski definition) is 7. The summed E-state index contributed by atoms with van der Waals surface area (Å²) < 4.78 is 6.14. The van der Waals surface area contributed by atoms with Gasteiger partial charge in [-0.3, -0.25) is 19.7 Å². The van der Waals surface area contributed by atoms with Crippen LogP contribution in [0.5, 0.6) is 5.75 Å². The van der Waals surface area contributed by atoms with Crippen molar-refractivity contribution in [2.45, 2.75) is 65.3 Å². The van der Waals surface area contributed by atoms with E-state index < -0.39 is 30.0 Å². The van der Waals surface area contributed by atoms with Gasteiger partial charge in [-0.25, -0.2) is 4.90 Å². The van der Waals surface area contributed by atoms with E-state index in [1.165, 1.54) is 18.2 Å². The number of imide groups is 1. The molecule has 2 N–H and O–H groups in total. The Labute approximate surface area is 246 Å². The van der Waals surface area contributed by atoms with Gasteiger partial charge >= 0.3 is 7.12 Å². The van der Waals surface area contributed by atoms with Crippen molar-refractivity contribution in [3.05, 3.63) is 80.9 Å². The first-order chi connectivity index (χ1) is 20.1. The quantitative estimate of drug-likeness (QED) is 0.125. The molecule has 2 saturated heterocycles. The Kier molecular flexibility index (Phi) is 8.66. The lowest BCUT2D eigenvalue weighted by atomic mass is 9.57. The van der Waals surface area contributed by atoms with Crippen LogP contribution in [0.3, 0.4) is 0 Å². The first-order valence-electron chi connectivity index (χ1n) is 14.8. The Morgan fingerprint density at radius 2 is 1.90 bits per heavy atom. The number of carbonyl (C=O) groups is 2. The highest BCUT2D eigenvalue weighted by Gasteiger charge is 2.58. The van der Waals surface area contributed by atoms with E-state index in [0.717, 1.165) is 40.0 Å². The summed E-state index contributed by atoms with van der Waals surface area (Å²) in [7, 11) is -1.08. The molecule has 2 aromatic carbocycles. The molecule has 9 nitrogen and oxygen atoms in total. The van der Waals surface area contributed by atoms with Gasteiger partial charge in [0.1, 0.15) is 5.75 Å². The second-order valence-electron chi connectivity index (χ2n) is 11.8. The molecule has 42 heavy (non-hydrogen) atoms. The van der Waals surface area contributed by atoms with Crippen molar-refractivity contribution in [3.8, 4) is 5.75 Å². The lowest BCUT2D eigenvalue weighted by molar-refractivity contribution is -0.384. The molecule has 220 valence electrons. The fourth-order valence-corrected chi connectivity index (χ4v) is 6.99. The molecule has 2 fully saturated rings. The van der Waals surface area contributed by atoms with Crippen molar-refractivity contribution in [1.29, 1.82) is 0 Å². The molecule has 10 heteroatoms. The molecule has 2 aromatic rings. The fourth-order valence-electron chi connectivity index (χ4n) is 6.99. The average Bonchev–Trinajstić information content (AvgIpc) is 3.21. The zero-order valence-corrected chi connectivity index (χ0v) is 24.2. The molecular formula is C32H37BN2O7. The second kappa shape index (κ2) is 12.2. The average molecular weight is 572 g/mol. The number of nitrogens with zero attached hydrogens (tertiary/aromatic N) is 2. The van der Waals surface area contributed by atoms with Gasteiger partial charge in [0.2, 0.25) is 11.8 Å². The molecule has 0 spiro atoms. The number of nitro benzene ring substituents is 1. The minimum Gasteiger partial charge on any atom is -0.507 e. The van der Waals surface area contributed by atoms with Gasteiger partial charge in [-0.15, -0.1) is 0 Å². The predicted molar refractivity (Wildman–Crippen MR) is 160 cm³/mol. The van der Waals surface area contributed by atoms with E-state index >= 15 is 0 Å². The number of non-ortho nitro benzene ring substituents is 1. The lowest BCUT2D eigenvalue weighted by Gasteiger charge is -2.44. The maximum atomic E-state index is 13.9. The van der Waals surface area contributed by atoms with Crippen LogP contribution >= 0.6 is 0 Å². The van der Waals surface area contributed by atoms with Gasteiger partial charge in [0.15, 0.2) is 0 Å². The number of carbonyl (C=O) groups excluding carboxylic acids is 2. The number of allylic oxidation sites excluding steroid dienone is 2. The molecule has 1 aliphatic carbocycles. The molecule has 3 aliphatic rings. The minimum atomic E-state index is -1.08. The SMILES string of the molecule is CCC/C(=C\c1ccccc1O)CC[C@H]1OB(O)C[C@H]2C1=C(C(C)C)C[C@H]1C(=O)N(c3cccc([N+](=O)[O-])c3)C(=O)[C@H]12. The number of nitro groups is 1. The molecule has 0 saturated carbocycles. The predicted octanol–water partition coefficient (Wildman–Crippen LogP) is 5.92. The number of rotatable bonds is 9. The number of phenolic OH excluding ortho intramolecular Hbond substituents is 1. The van der Waals surface area contributed by atoms with Crippen molar-refractivity contribution >= 4 is 36.4 Å². The molecule has 5 rings (SSSR count). The number of benzene rings is 2. The van der Waals surface area contributed by atoms with E-state index in [1.54, 1.807) is 18.2 Å². The van der Waals surface area contributed by atoms with Crippen LogP contribution in [-0.2, 0) is 14.2 Å². The van der Waals surface area contributed by atoms with Gasteiger partial charge < -0.3 is 14.8 Å². The third-order valence-electron chi connectivity index (χ3n) is 8.83. The van der Waals surface area contributed by atoms with E-state index in [9.17, 15) is 29.8 Å². The summed E-state index contributed by atoms with van der Waals surface area (Å²) in [6.45, 7) is 6.25. The van der Waals surface area contributed by atoms with Gasteiger partial charge in [0.25, 0.3) is 5.69 Å². The Morgan fingerprint density at radius 1 is 1.14 bits per heavy atom. The van der Waals surface area contributed by atoms with Crippen LogP contribution < -0.4 is 4.90 Å². The number of para-hydroxylation sites is 1. The Hall–Kier alpha value is -3.76. The van der Waals surface area contributed by atoms with Crippen LogP contribution in [0.2, 0.25) is 6.32 Å². The monoisotopic (exact) mass is 572 g/mol. The Balaban J connectivity index is 1.46. The van der Waals surface area contributed by atoms with Gasteiger partial charge in [-0.1, -0.05) is 68.7 Å². The van der Waals surface area contributed by atoms with E-state index in [-0.39, 0.29) is 47.1 Å². The summed E-state index contributed by atoms with van der Waals surface area (Å²) >= 11 is 0. The topological polar surface area (TPSA) is 130 Å². The summed E-state index contributed by atoms with van der Waals surface area (Å²) in [6, 6.07) is 12.8. The van der Waals surface area contributed by atoms with Gasteiger partial charge in [0.05, 0.1) is 28.6 Å². The molecule has 0 aromatic heterocycles. The molecule has 2 heterocycles. The van der Waals surface area contributed by atoms with Crippen LogP contribution in [0.1, 0.15) is 58.4 Å². The number of hydrogen-bond donors (Lipinski definition) is 2. The highest BCUT2D eigenvalue weighted by Crippen LogP contribution is 2.52. The normalized spacial score (nSPS) is 24.4. The molecule has 0 unspecified atom stereocenters. The van der Waals surface area contributed by atoms with Crippen LogP contribution in [0.4, 0.5) is 11.4 Å². The first-order valence-corrected chi connectivity index (χ1v) is 14.8. The largest absolute Gasteiger partial charge is 0.507 e. The first kappa shape index (κ1) is 29.7. The second-order valence-corrected chi connectivity index (χ2v) is 11.8. The molecule has 0 radical (unpaired) electrons. The summed E-state index contributed by atoms with van der Waals surface area (Å²) in [6.07, 6.45) is 5.27. The van der Waals surface area contributed by atoms with E-state index in [1.807, 2.05) is 18.2 Å². The lowest BCUT2D eigenvalue weighted by Crippen LogP contribution is -2.46. The van der Waals surface area contributed by atoms with E-state index in [2.05, 4.69) is 20.8 Å². The number of fused-ring (bicyclic) bond motifs is 3. The molecule has 2 aliphatic heterocycles. The van der Waals surface area contributed by atoms with Crippen LogP contribution in [0.25, 0.3) is 6.08 Å². The number of amides is 2. The maximum absolute atomic E-state index is 13.9. The Morgan fingerprint density at radius 3 is 2.60 bits per heavy atom. The molecule has 0 bridgehead atoms. The Bertz CT molecular complexity index is 1450. The summed E-state index contributed by atoms with van der Waals surface area (Å²) in [5, 5.41) is 32.5. The van der Waals surface area contributed by atoms with Crippen molar-refractivity contribution in [2.75, 3.05) is 4.90 Å². The fraction of sp³-hybridized carbons (Fsp3) is 0.438. The standard InChI is InChI=1S/C32H37BN2O7/c1-4-8-20(15-21-9-5-6-12-27(21)36)13-14-28-29-24(19(2)3)17-25-30(26(29)18-33(39)42-28)32(38)34(31(25)37)22-10-7-11-23(16-22)35(40)41/h5-7,9-12,15-16,19,25-26,28,30,36,39H,4,8,13-14,17-18H2,1-3H3/b20-15+/t25-,26+,28-,30-/m1/s1. The van der Waals surface area contributed by atoms with Gasteiger partial charge in [0, 0.05) is 17.7 Å². The van der Waals surface area contributed by atoms with Crippen LogP contribution in [-0.4, -0.2) is 40.1 Å². The zero-order valence-electron chi connectivity index (χ0n) is 24.2. The van der Waals surface area contributed by atoms with E-state index in [4.69, 9.17) is 4.65 Å². The third kappa shape index (κ3) is 5.65. The number of anilines is 1. The smallest absolute Gasteiger partial charge is 0.455 e. The maximum Gasteiger partial charge on any atom is 0.455 e. The van der Waals surface area contributed by atoms with Crippen molar-refractivity contribution in [1.82, 2.24) is 0 Å². The van der Waals surface area contributed by atoms with Gasteiger partial charge in [-0.05, 0) is 61.5 Å². The van der Waals surface area contributed by atoms with Crippen LogP contribution in [0, 0.1) is 33.8 Å². The summed E-state index contributed by atoms with van der Waals surface area (Å²) in [5.41, 5.74) is 4.01. The summed E-state index contributed by atoms with van der Waals surface area (Å²) in [4.78, 5) is 39.6. The molecule has 4 atom stereocenters. The number of aromatic hydroxyl groups is 1. The van der Waals surface area contributed by atoms with E-state index in [0.29, 0.717) is 19.3 Å². The molecule has 2 amide bonds. The third-order valence-corrected chi connectivity index (χ3v) is 8.83.